The molecule has 0 bridgehead atoms. The molecule has 0 saturated carbocycles. The molecule has 0 fully saturated rings. The number of rotatable bonds is 44. The van der Waals surface area contributed by atoms with Gasteiger partial charge in [-0.05, 0) is 109 Å². The number of carbonyl (C=O) groups is 3. The zero-order valence-electron chi connectivity index (χ0n) is 39.7. The maximum Gasteiger partial charge on any atom is 0.306 e. The van der Waals surface area contributed by atoms with Crippen LogP contribution in [0.4, 0.5) is 0 Å². The molecule has 348 valence electrons. The summed E-state index contributed by atoms with van der Waals surface area (Å²) in [5, 5.41) is 0. The van der Waals surface area contributed by atoms with Crippen molar-refractivity contribution in [1.29, 1.82) is 0 Å². The van der Waals surface area contributed by atoms with E-state index in [1.54, 1.807) is 0 Å². The van der Waals surface area contributed by atoms with Gasteiger partial charge in [0, 0.05) is 19.3 Å². The summed E-state index contributed by atoms with van der Waals surface area (Å²) in [4.78, 5) is 37.9. The minimum atomic E-state index is -0.801. The predicted octanol–water partition coefficient (Wildman–Crippen LogP) is 16.4. The first-order valence-electron chi connectivity index (χ1n) is 25.1. The van der Waals surface area contributed by atoms with Crippen LogP contribution in [0.5, 0.6) is 0 Å². The van der Waals surface area contributed by atoms with Gasteiger partial charge in [0.25, 0.3) is 0 Å². The van der Waals surface area contributed by atoms with Crippen LogP contribution in [0.2, 0.25) is 0 Å². The minimum absolute atomic E-state index is 0.0980. The maximum atomic E-state index is 12.7. The average Bonchev–Trinajstić information content (AvgIpc) is 3.26. The van der Waals surface area contributed by atoms with Crippen molar-refractivity contribution in [2.45, 2.75) is 232 Å². The van der Waals surface area contributed by atoms with Crippen LogP contribution in [-0.2, 0) is 28.6 Å². The predicted molar refractivity (Wildman–Crippen MR) is 261 cm³/mol. The van der Waals surface area contributed by atoms with Crippen molar-refractivity contribution in [1.82, 2.24) is 0 Å². The number of allylic oxidation sites excluding steroid dienone is 14. The fraction of sp³-hybridized carbons (Fsp3) is 0.691. The summed E-state index contributed by atoms with van der Waals surface area (Å²) in [5.41, 5.74) is 0. The van der Waals surface area contributed by atoms with Gasteiger partial charge in [0.2, 0.25) is 0 Å². The van der Waals surface area contributed by atoms with E-state index in [2.05, 4.69) is 106 Å². The van der Waals surface area contributed by atoms with Crippen molar-refractivity contribution < 1.29 is 28.6 Å². The largest absolute Gasteiger partial charge is 0.462 e. The Morgan fingerprint density at radius 2 is 0.639 bits per heavy atom. The Kier molecular flexibility index (Phi) is 46.5. The third-order valence-corrected chi connectivity index (χ3v) is 10.4. The van der Waals surface area contributed by atoms with Gasteiger partial charge in [0.1, 0.15) is 13.2 Å². The fourth-order valence-corrected chi connectivity index (χ4v) is 6.64. The number of hydrogen-bond donors (Lipinski definition) is 0. The monoisotopic (exact) mass is 849 g/mol. The number of unbranched alkanes of at least 4 members (excludes halogenated alkanes) is 19. The third-order valence-electron chi connectivity index (χ3n) is 10.4. The minimum Gasteiger partial charge on any atom is -0.462 e. The lowest BCUT2D eigenvalue weighted by Gasteiger charge is -2.18. The van der Waals surface area contributed by atoms with Crippen molar-refractivity contribution in [3.8, 4) is 0 Å². The molecule has 0 aromatic heterocycles. The highest BCUT2D eigenvalue weighted by Gasteiger charge is 2.19. The van der Waals surface area contributed by atoms with Gasteiger partial charge in [-0.15, -0.1) is 0 Å². The molecule has 6 nitrogen and oxygen atoms in total. The van der Waals surface area contributed by atoms with Gasteiger partial charge in [0.15, 0.2) is 6.10 Å². The van der Waals surface area contributed by atoms with Crippen molar-refractivity contribution in [2.24, 2.45) is 0 Å². The molecule has 0 aliphatic rings. The Bertz CT molecular complexity index is 1200. The van der Waals surface area contributed by atoms with Gasteiger partial charge in [-0.3, -0.25) is 14.4 Å². The van der Waals surface area contributed by atoms with Gasteiger partial charge in [-0.1, -0.05) is 183 Å². The number of esters is 3. The van der Waals surface area contributed by atoms with Crippen molar-refractivity contribution in [2.75, 3.05) is 13.2 Å². The molecule has 0 spiro atoms. The quantitative estimate of drug-likeness (QED) is 0.0263. The van der Waals surface area contributed by atoms with Crippen LogP contribution in [0.3, 0.4) is 0 Å². The summed E-state index contributed by atoms with van der Waals surface area (Å²) in [6.45, 7) is 6.33. The molecule has 0 rings (SSSR count). The van der Waals surface area contributed by atoms with Crippen LogP contribution in [0.25, 0.3) is 0 Å². The summed E-state index contributed by atoms with van der Waals surface area (Å²) in [5.74, 6) is -0.956. The average molecular weight is 849 g/mol. The SMILES string of the molecule is CC/C=C\C/C=C\C/C=C\CCCCCCCCCCCC(=O)OCC(COC(=O)CCCCCCC/C=C\CCCCC)OC(=O)CCCC/C=C\C/C=C\C/C=C\CC. The van der Waals surface area contributed by atoms with Crippen LogP contribution >= 0.6 is 0 Å². The second kappa shape index (κ2) is 49.2. The number of hydrogen-bond acceptors (Lipinski definition) is 6. The highest BCUT2D eigenvalue weighted by molar-refractivity contribution is 5.71. The first-order chi connectivity index (χ1) is 30.0. The van der Waals surface area contributed by atoms with E-state index in [0.29, 0.717) is 19.3 Å². The van der Waals surface area contributed by atoms with E-state index in [9.17, 15) is 14.4 Å². The molecule has 0 N–H and O–H groups in total. The molecule has 0 radical (unpaired) electrons. The Morgan fingerprint density at radius 3 is 1.05 bits per heavy atom. The van der Waals surface area contributed by atoms with E-state index in [4.69, 9.17) is 14.2 Å². The van der Waals surface area contributed by atoms with Crippen molar-refractivity contribution in [3.05, 3.63) is 85.1 Å². The molecule has 6 heteroatoms. The van der Waals surface area contributed by atoms with E-state index < -0.39 is 6.10 Å². The van der Waals surface area contributed by atoms with Gasteiger partial charge in [-0.2, -0.15) is 0 Å². The summed E-state index contributed by atoms with van der Waals surface area (Å²) >= 11 is 0. The molecule has 0 aromatic carbocycles. The van der Waals surface area contributed by atoms with E-state index in [1.807, 2.05) is 0 Å². The third kappa shape index (κ3) is 47.5. The second-order valence-electron chi connectivity index (χ2n) is 16.3. The Balaban J connectivity index is 4.39. The molecule has 1 unspecified atom stereocenters. The van der Waals surface area contributed by atoms with Crippen molar-refractivity contribution in [3.63, 3.8) is 0 Å². The van der Waals surface area contributed by atoms with Crippen LogP contribution in [0.1, 0.15) is 226 Å². The van der Waals surface area contributed by atoms with Gasteiger partial charge in [-0.25, -0.2) is 0 Å². The maximum absolute atomic E-state index is 12.7. The topological polar surface area (TPSA) is 78.9 Å². The summed E-state index contributed by atoms with van der Waals surface area (Å²) < 4.78 is 16.7. The molecule has 0 aliphatic heterocycles. The molecule has 0 aromatic rings. The van der Waals surface area contributed by atoms with E-state index in [0.717, 1.165) is 103 Å². The molecule has 0 aliphatic carbocycles. The van der Waals surface area contributed by atoms with Crippen LogP contribution in [0, 0.1) is 0 Å². The number of ether oxygens (including phenoxy) is 3. The van der Waals surface area contributed by atoms with Crippen molar-refractivity contribution >= 4 is 17.9 Å². The Morgan fingerprint density at radius 1 is 0.344 bits per heavy atom. The lowest BCUT2D eigenvalue weighted by molar-refractivity contribution is -0.167. The molecular formula is C55H92O6. The van der Waals surface area contributed by atoms with E-state index in [-0.39, 0.29) is 37.5 Å². The highest BCUT2D eigenvalue weighted by Crippen LogP contribution is 2.14. The fourth-order valence-electron chi connectivity index (χ4n) is 6.64. The Hall–Kier alpha value is -3.41. The second-order valence-corrected chi connectivity index (χ2v) is 16.3. The first kappa shape index (κ1) is 57.6. The lowest BCUT2D eigenvalue weighted by atomic mass is 10.1. The molecule has 0 amide bonds. The summed E-state index contributed by atoms with van der Waals surface area (Å²) in [7, 11) is 0. The molecule has 0 saturated heterocycles. The molecular weight excluding hydrogens is 757 g/mol. The number of carbonyl (C=O) groups excluding carboxylic acids is 3. The summed E-state index contributed by atoms with van der Waals surface area (Å²) in [6, 6.07) is 0. The zero-order valence-corrected chi connectivity index (χ0v) is 39.7. The normalized spacial score (nSPS) is 12.8. The molecule has 1 atom stereocenters. The lowest BCUT2D eigenvalue weighted by Crippen LogP contribution is -2.30. The van der Waals surface area contributed by atoms with Gasteiger partial charge < -0.3 is 14.2 Å². The summed E-state index contributed by atoms with van der Waals surface area (Å²) in [6.07, 6.45) is 62.9. The zero-order chi connectivity index (χ0) is 44.4. The van der Waals surface area contributed by atoms with E-state index in [1.165, 1.54) is 77.0 Å². The standard InChI is InChI=1S/C55H92O6/c1-4-7-10-13-16-19-22-25-26-27-28-29-30-31-34-36-39-42-45-48-54(57)60-51-52(61-55(58)49-46-43-40-37-33-24-21-18-15-12-9-6-3)50-59-53(56)47-44-41-38-35-32-23-20-17-14-11-8-5-2/h7,9-10,12,16-21,25-26,33,37,52H,4-6,8,11,13-15,22-24,27-32,34-36,38-51H2,1-3H3/b10-7-,12-9-,19-16-,20-17-,21-18-,26-25-,37-33-. The molecule has 0 heterocycles. The van der Waals surface area contributed by atoms with Gasteiger partial charge >= 0.3 is 17.9 Å². The highest BCUT2D eigenvalue weighted by atomic mass is 16.6. The smallest absolute Gasteiger partial charge is 0.306 e. The first-order valence-corrected chi connectivity index (χ1v) is 25.1. The van der Waals surface area contributed by atoms with Crippen LogP contribution in [0.15, 0.2) is 85.1 Å². The Labute approximate surface area is 375 Å². The van der Waals surface area contributed by atoms with Crippen LogP contribution in [-0.4, -0.2) is 37.2 Å². The van der Waals surface area contributed by atoms with E-state index >= 15 is 0 Å². The molecule has 61 heavy (non-hydrogen) atoms. The van der Waals surface area contributed by atoms with Gasteiger partial charge in [0.05, 0.1) is 0 Å². The van der Waals surface area contributed by atoms with Crippen LogP contribution < -0.4 is 0 Å².